The maximum Gasteiger partial charge on any atom is 0.321 e. The van der Waals surface area contributed by atoms with Crippen LogP contribution < -0.4 is 0 Å². The Morgan fingerprint density at radius 2 is 2.29 bits per heavy atom. The minimum atomic E-state index is -0.671. The molecule has 0 radical (unpaired) electrons. The molecular weight excluding hydrogens is 264 g/mol. The van der Waals surface area contributed by atoms with Crippen LogP contribution in [0.25, 0.3) is 0 Å². The molecule has 4 atom stereocenters. The number of hydrogen-bond acceptors (Lipinski definition) is 3. The summed E-state index contributed by atoms with van der Waals surface area (Å²) in [6.45, 7) is 4.95. The second-order valence-corrected chi connectivity index (χ2v) is 6.77. The predicted molar refractivity (Wildman–Crippen MR) is 81.1 cm³/mol. The van der Waals surface area contributed by atoms with Crippen molar-refractivity contribution in [2.75, 3.05) is 6.54 Å². The third kappa shape index (κ3) is 2.82. The third-order valence-electron chi connectivity index (χ3n) is 5.03. The van der Waals surface area contributed by atoms with Gasteiger partial charge < -0.3 is 5.11 Å². The molecule has 1 saturated carbocycles. The van der Waals surface area contributed by atoms with E-state index in [1.165, 1.54) is 12.0 Å². The highest BCUT2D eigenvalue weighted by molar-refractivity contribution is 5.74. The second kappa shape index (κ2) is 5.76. The molecule has 3 rings (SSSR count). The molecule has 0 spiro atoms. The molecule has 1 aromatic rings. The molecule has 0 amide bonds. The van der Waals surface area contributed by atoms with Gasteiger partial charge in [0.2, 0.25) is 0 Å². The highest BCUT2D eigenvalue weighted by Gasteiger charge is 2.50. The number of pyridine rings is 1. The first-order valence-corrected chi connectivity index (χ1v) is 7.98. The average molecular weight is 288 g/mol. The fourth-order valence-electron chi connectivity index (χ4n) is 4.05. The molecule has 1 N–H and O–H groups in total. The summed E-state index contributed by atoms with van der Waals surface area (Å²) in [5, 5.41) is 9.56. The number of hydrogen-bond donors (Lipinski definition) is 1. The molecule has 1 aliphatic heterocycles. The number of carbonyl (C=O) groups is 1. The maximum absolute atomic E-state index is 11.6. The van der Waals surface area contributed by atoms with Crippen LogP contribution in [0.1, 0.15) is 44.6 Å². The van der Waals surface area contributed by atoms with Crippen LogP contribution in [-0.4, -0.2) is 39.6 Å². The van der Waals surface area contributed by atoms with Gasteiger partial charge in [-0.25, -0.2) is 0 Å². The molecule has 1 aromatic heterocycles. The molecule has 1 aliphatic carbocycles. The zero-order valence-corrected chi connectivity index (χ0v) is 12.8. The lowest BCUT2D eigenvalue weighted by Crippen LogP contribution is -2.48. The first kappa shape index (κ1) is 14.5. The summed E-state index contributed by atoms with van der Waals surface area (Å²) >= 11 is 0. The van der Waals surface area contributed by atoms with Crippen molar-refractivity contribution in [2.24, 2.45) is 11.8 Å². The third-order valence-corrected chi connectivity index (χ3v) is 5.03. The smallest absolute Gasteiger partial charge is 0.321 e. The fraction of sp³-hybridized carbons (Fsp3) is 0.647. The van der Waals surface area contributed by atoms with Gasteiger partial charge in [-0.2, -0.15) is 0 Å². The van der Waals surface area contributed by atoms with Gasteiger partial charge in [-0.3, -0.25) is 14.7 Å². The molecule has 0 aromatic carbocycles. The minimum Gasteiger partial charge on any atom is -0.480 e. The zero-order chi connectivity index (χ0) is 15.0. The second-order valence-electron chi connectivity index (χ2n) is 6.77. The number of carboxylic acid groups (broad SMARTS) is 1. The summed E-state index contributed by atoms with van der Waals surface area (Å²) in [6, 6.07) is 4.23. The summed E-state index contributed by atoms with van der Waals surface area (Å²) in [4.78, 5) is 18.1. The van der Waals surface area contributed by atoms with Crippen molar-refractivity contribution in [2.45, 2.75) is 51.1 Å². The Labute approximate surface area is 126 Å². The van der Waals surface area contributed by atoms with E-state index < -0.39 is 5.97 Å². The van der Waals surface area contributed by atoms with Crippen LogP contribution in [-0.2, 0) is 4.79 Å². The summed E-state index contributed by atoms with van der Waals surface area (Å²) < 4.78 is 0. The highest BCUT2D eigenvalue weighted by Crippen LogP contribution is 2.53. The molecule has 0 unspecified atom stereocenters. The van der Waals surface area contributed by atoms with Gasteiger partial charge in [0.15, 0.2) is 0 Å². The van der Waals surface area contributed by atoms with Gasteiger partial charge in [-0.15, -0.1) is 0 Å². The van der Waals surface area contributed by atoms with Crippen molar-refractivity contribution in [3.63, 3.8) is 0 Å². The molecule has 1 saturated heterocycles. The van der Waals surface area contributed by atoms with Crippen molar-refractivity contribution >= 4 is 5.97 Å². The molecule has 2 heterocycles. The Hall–Kier alpha value is -1.42. The van der Waals surface area contributed by atoms with Crippen LogP contribution in [0.3, 0.4) is 0 Å². The lowest BCUT2D eigenvalue weighted by atomic mass is 9.99. The Bertz CT molecular complexity index is 503. The number of rotatable bonds is 5. The van der Waals surface area contributed by atoms with Gasteiger partial charge in [-0.1, -0.05) is 19.9 Å². The number of nitrogens with zero attached hydrogens (tertiary/aromatic N) is 2. The largest absolute Gasteiger partial charge is 0.480 e. The van der Waals surface area contributed by atoms with E-state index >= 15 is 0 Å². The molecule has 4 heteroatoms. The van der Waals surface area contributed by atoms with Crippen LogP contribution in [0.5, 0.6) is 0 Å². The van der Waals surface area contributed by atoms with Crippen molar-refractivity contribution in [3.8, 4) is 0 Å². The topological polar surface area (TPSA) is 53.4 Å². The average Bonchev–Trinajstić information content (AvgIpc) is 3.11. The Balaban J connectivity index is 1.72. The van der Waals surface area contributed by atoms with Crippen molar-refractivity contribution < 1.29 is 9.90 Å². The van der Waals surface area contributed by atoms with E-state index in [-0.39, 0.29) is 12.0 Å². The maximum atomic E-state index is 11.6. The first-order chi connectivity index (χ1) is 10.1. The predicted octanol–water partition coefficient (Wildman–Crippen LogP) is 2.76. The Morgan fingerprint density at radius 1 is 1.48 bits per heavy atom. The molecule has 4 nitrogen and oxygen atoms in total. The van der Waals surface area contributed by atoms with E-state index in [0.717, 1.165) is 19.4 Å². The van der Waals surface area contributed by atoms with Gasteiger partial charge in [0.05, 0.1) is 0 Å². The first-order valence-electron chi connectivity index (χ1n) is 7.98. The van der Waals surface area contributed by atoms with Crippen LogP contribution in [0.4, 0.5) is 0 Å². The van der Waals surface area contributed by atoms with Gasteiger partial charge in [0.25, 0.3) is 0 Å². The van der Waals surface area contributed by atoms with Crippen LogP contribution in [0.15, 0.2) is 24.5 Å². The normalized spacial score (nSPS) is 30.5. The SMILES string of the molecule is CC(C)[C@@H](C(=O)O)N1CCC[C@H]1[C@@H]1C[C@H]1c1cccnc1. The molecule has 21 heavy (non-hydrogen) atoms. The fourth-order valence-corrected chi connectivity index (χ4v) is 4.05. The van der Waals surface area contributed by atoms with Crippen LogP contribution in [0.2, 0.25) is 0 Å². The quantitative estimate of drug-likeness (QED) is 0.905. The van der Waals surface area contributed by atoms with Crippen LogP contribution >= 0.6 is 0 Å². The standard InChI is InChI=1S/C17H24N2O2/c1-11(2)16(17(20)21)19-8-4-6-15(19)14-9-13(14)12-5-3-7-18-10-12/h3,5,7,10-11,13-16H,4,6,8-9H2,1-2H3,(H,20,21)/t13-,14+,15-,16-/m0/s1. The lowest BCUT2D eigenvalue weighted by Gasteiger charge is -2.33. The lowest BCUT2D eigenvalue weighted by molar-refractivity contribution is -0.145. The Kier molecular flexibility index (Phi) is 3.98. The van der Waals surface area contributed by atoms with E-state index in [0.29, 0.717) is 17.9 Å². The van der Waals surface area contributed by atoms with E-state index in [4.69, 9.17) is 0 Å². The summed E-state index contributed by atoms with van der Waals surface area (Å²) in [5.41, 5.74) is 1.31. The monoisotopic (exact) mass is 288 g/mol. The van der Waals surface area contributed by atoms with E-state index in [9.17, 15) is 9.90 Å². The molecule has 2 fully saturated rings. The highest BCUT2D eigenvalue weighted by atomic mass is 16.4. The van der Waals surface area contributed by atoms with Crippen molar-refractivity contribution in [1.82, 2.24) is 9.88 Å². The van der Waals surface area contributed by atoms with Gasteiger partial charge >= 0.3 is 5.97 Å². The Morgan fingerprint density at radius 3 is 2.90 bits per heavy atom. The molecule has 114 valence electrons. The summed E-state index contributed by atoms with van der Waals surface area (Å²) in [5.74, 6) is 0.664. The number of carboxylic acids is 1. The van der Waals surface area contributed by atoms with E-state index in [1.807, 2.05) is 32.3 Å². The number of aromatic nitrogens is 1. The molecule has 2 aliphatic rings. The van der Waals surface area contributed by atoms with Crippen LogP contribution in [0, 0.1) is 11.8 Å². The van der Waals surface area contributed by atoms with Gasteiger partial charge in [-0.05, 0) is 55.2 Å². The summed E-state index contributed by atoms with van der Waals surface area (Å²) in [6.07, 6.45) is 7.20. The minimum absolute atomic E-state index is 0.152. The summed E-state index contributed by atoms with van der Waals surface area (Å²) in [7, 11) is 0. The van der Waals surface area contributed by atoms with Gasteiger partial charge in [0.1, 0.15) is 6.04 Å². The van der Waals surface area contributed by atoms with Crippen molar-refractivity contribution in [3.05, 3.63) is 30.1 Å². The molecule has 0 bridgehead atoms. The number of aliphatic carboxylic acids is 1. The van der Waals surface area contributed by atoms with E-state index in [1.54, 1.807) is 0 Å². The van der Waals surface area contributed by atoms with E-state index in [2.05, 4.69) is 16.0 Å². The molecular formula is C17H24N2O2. The number of likely N-dealkylation sites (tertiary alicyclic amines) is 1. The zero-order valence-electron chi connectivity index (χ0n) is 12.8. The van der Waals surface area contributed by atoms with Gasteiger partial charge in [0, 0.05) is 18.4 Å². The van der Waals surface area contributed by atoms with Crippen molar-refractivity contribution in [1.29, 1.82) is 0 Å².